The Morgan fingerprint density at radius 1 is 1.38 bits per heavy atom. The lowest BCUT2D eigenvalue weighted by molar-refractivity contribution is -0.153. The number of aliphatic carboxylic acids is 2. The molecule has 2 unspecified atom stereocenters. The number of carboxylic acids is 2. The van der Waals surface area contributed by atoms with E-state index >= 15 is 0 Å². The van der Waals surface area contributed by atoms with E-state index < -0.39 is 46.9 Å². The summed E-state index contributed by atoms with van der Waals surface area (Å²) in [6.45, 7) is -0.628. The van der Waals surface area contributed by atoms with E-state index in [9.17, 15) is 24.3 Å². The molecule has 208 valence electrons. The minimum Gasteiger partial charge on any atom is -0.480 e. The average Bonchev–Trinajstić information content (AvgIpc) is 3.69. The molecule has 0 aromatic carbocycles. The van der Waals surface area contributed by atoms with Crippen molar-refractivity contribution in [2.75, 3.05) is 11.5 Å². The summed E-state index contributed by atoms with van der Waals surface area (Å²) in [5.41, 5.74) is 3.10. The molecule has 3 atom stereocenters. The van der Waals surface area contributed by atoms with Crippen LogP contribution in [0.2, 0.25) is 0 Å². The highest BCUT2D eigenvalue weighted by Crippen LogP contribution is 2.47. The van der Waals surface area contributed by atoms with Crippen LogP contribution in [0.25, 0.3) is 5.57 Å². The fourth-order valence-electron chi connectivity index (χ4n) is 4.24. The Bertz CT molecular complexity index is 1520. The van der Waals surface area contributed by atoms with Gasteiger partial charge in [0, 0.05) is 28.2 Å². The van der Waals surface area contributed by atoms with Crippen molar-refractivity contribution in [3.63, 3.8) is 0 Å². The Labute approximate surface area is 237 Å². The van der Waals surface area contributed by atoms with Crippen molar-refractivity contribution in [3.05, 3.63) is 29.5 Å². The molecule has 0 saturated carbocycles. The predicted molar refractivity (Wildman–Crippen MR) is 142 cm³/mol. The number of nitrogens with zero attached hydrogens (tertiary/aromatic N) is 8. The average molecular weight is 607 g/mol. The van der Waals surface area contributed by atoms with Crippen LogP contribution >= 0.6 is 35.5 Å². The molecule has 2 aromatic rings. The van der Waals surface area contributed by atoms with Gasteiger partial charge in [0.15, 0.2) is 16.5 Å². The summed E-state index contributed by atoms with van der Waals surface area (Å²) in [6.07, 6.45) is 4.77. The fourth-order valence-corrected chi connectivity index (χ4v) is 6.48. The van der Waals surface area contributed by atoms with Gasteiger partial charge >= 0.3 is 11.9 Å². The number of amides is 2. The number of thiocarbonyl (C=S) groups is 1. The van der Waals surface area contributed by atoms with Crippen molar-refractivity contribution < 1.29 is 34.2 Å². The molecule has 20 heteroatoms. The van der Waals surface area contributed by atoms with Crippen LogP contribution < -0.4 is 11.1 Å². The summed E-state index contributed by atoms with van der Waals surface area (Å²) in [6, 6.07) is 0. The van der Waals surface area contributed by atoms with Crippen LogP contribution in [0.5, 0.6) is 0 Å². The number of nitrogens with one attached hydrogen (secondary N) is 1. The first-order valence-corrected chi connectivity index (χ1v) is 13.6. The third kappa shape index (κ3) is 4.69. The molecular weight excluding hydrogens is 588 g/mol. The molecule has 5 N–H and O–H groups in total. The smallest absolute Gasteiger partial charge is 0.353 e. The van der Waals surface area contributed by atoms with Gasteiger partial charge in [-0.3, -0.25) is 19.3 Å². The lowest BCUT2D eigenvalue weighted by Crippen LogP contribution is -2.80. The Morgan fingerprint density at radius 2 is 2.17 bits per heavy atom. The van der Waals surface area contributed by atoms with Crippen LogP contribution in [-0.4, -0.2) is 102 Å². The summed E-state index contributed by atoms with van der Waals surface area (Å²) in [4.78, 5) is 60.9. The second-order valence-electron chi connectivity index (χ2n) is 8.51. The highest BCUT2D eigenvalue weighted by Gasteiger charge is 2.65. The molecule has 2 aliphatic heterocycles. The molecule has 1 fully saturated rings. The van der Waals surface area contributed by atoms with E-state index in [4.69, 9.17) is 27.9 Å². The molecule has 0 bridgehead atoms. The van der Waals surface area contributed by atoms with E-state index in [-0.39, 0.29) is 39.9 Å². The van der Waals surface area contributed by atoms with Crippen LogP contribution in [0.1, 0.15) is 24.5 Å². The number of fused-ring (bicyclic) bond motifs is 1. The van der Waals surface area contributed by atoms with Gasteiger partial charge in [-0.15, -0.1) is 16.9 Å². The maximum Gasteiger partial charge on any atom is 0.353 e. The molecule has 5 rings (SSSR count). The van der Waals surface area contributed by atoms with Gasteiger partial charge in [-0.25, -0.2) is 9.48 Å². The quantitative estimate of drug-likeness (QED) is 0.0824. The van der Waals surface area contributed by atoms with E-state index in [2.05, 4.69) is 35.4 Å². The zero-order chi connectivity index (χ0) is 28.6. The van der Waals surface area contributed by atoms with Crippen molar-refractivity contribution in [3.8, 4) is 0 Å². The third-order valence-corrected chi connectivity index (χ3v) is 8.29. The largest absolute Gasteiger partial charge is 0.480 e. The number of thioether (sulfide) groups is 1. The van der Waals surface area contributed by atoms with Crippen LogP contribution in [0.4, 0.5) is 5.13 Å². The number of carbonyl (C=O) groups is 4. The van der Waals surface area contributed by atoms with E-state index in [1.54, 1.807) is 6.08 Å². The number of β-lactam (4-membered cyclic amide) rings is 1. The maximum atomic E-state index is 13.5. The van der Waals surface area contributed by atoms with Gasteiger partial charge in [0.05, 0.1) is 0 Å². The Kier molecular flexibility index (Phi) is 7.29. The Morgan fingerprint density at radius 3 is 2.80 bits per heavy atom. The summed E-state index contributed by atoms with van der Waals surface area (Å²) in [7, 11) is 0. The summed E-state index contributed by atoms with van der Waals surface area (Å²) < 4.78 is 4.93. The lowest BCUT2D eigenvalue weighted by atomic mass is 9.87. The fraction of sp³-hybridized carbons (Fsp3) is 0.350. The molecule has 2 aromatic heterocycles. The van der Waals surface area contributed by atoms with Gasteiger partial charge in [0.25, 0.3) is 11.8 Å². The first-order valence-electron chi connectivity index (χ1n) is 11.3. The molecule has 2 amide bonds. The van der Waals surface area contributed by atoms with Gasteiger partial charge in [-0.05, 0) is 29.3 Å². The monoisotopic (exact) mass is 606 g/mol. The standard InChI is InChI=1S/C20H18N10O7S3/c21-19-22-13(26-40-19)11(25-37-8-3-1-2-4-8)15(33)23-20(7-38)17(36)30-12(16(34)35)9(6-39-18(20)30)14-24-27-28-29(14)5-10(31)32/h1,3,7-8,18H,2,4-6H2,(H,23,33)(H,31,32)(H,34,35)(H2,21,22,26)/t8?,18-,20?/m0/s1. The first-order chi connectivity index (χ1) is 19.2. The number of tetrazole rings is 1. The number of rotatable bonds is 10. The number of hydrogen-bond donors (Lipinski definition) is 4. The second kappa shape index (κ2) is 10.7. The molecule has 1 aliphatic carbocycles. The number of oxime groups is 1. The van der Waals surface area contributed by atoms with Crippen molar-refractivity contribution in [2.45, 2.75) is 36.4 Å². The number of hydrogen-bond acceptors (Lipinski definition) is 15. The number of carbonyl (C=O) groups excluding carboxylic acids is 2. The van der Waals surface area contributed by atoms with Crippen LogP contribution in [-0.2, 0) is 30.6 Å². The summed E-state index contributed by atoms with van der Waals surface area (Å²) >= 11 is 7.05. The predicted octanol–water partition coefficient (Wildman–Crippen LogP) is -1.10. The first kappa shape index (κ1) is 27.3. The molecule has 4 heterocycles. The second-order valence-corrected chi connectivity index (χ2v) is 10.6. The van der Waals surface area contributed by atoms with Crippen LogP contribution in [0.15, 0.2) is 23.0 Å². The van der Waals surface area contributed by atoms with E-state index in [0.717, 1.165) is 44.7 Å². The Hall–Kier alpha value is -4.30. The van der Waals surface area contributed by atoms with Crippen LogP contribution in [0.3, 0.4) is 0 Å². The molecule has 0 spiro atoms. The van der Waals surface area contributed by atoms with E-state index in [1.807, 2.05) is 6.08 Å². The Balaban J connectivity index is 1.45. The highest BCUT2D eigenvalue weighted by molar-refractivity contribution is 8.00. The molecule has 17 nitrogen and oxygen atoms in total. The SMILES string of the molecule is Nc1nc(C(=NOC2C=CCC2)C(=O)NC2(C=S)C(=O)N3C(C(=O)O)=C(c4nnnn4CC(=O)O)CS[C@H]32)ns1. The van der Waals surface area contributed by atoms with Crippen molar-refractivity contribution >= 4 is 81.0 Å². The highest BCUT2D eigenvalue weighted by atomic mass is 32.2. The normalized spacial score (nSPS) is 23.9. The molecule has 3 aliphatic rings. The number of nitrogens with two attached hydrogens (primary N) is 1. The lowest BCUT2D eigenvalue weighted by Gasteiger charge is -2.55. The molecular formula is C20H18N10O7S3. The van der Waals surface area contributed by atoms with Gasteiger partial charge < -0.3 is 26.1 Å². The number of nitrogen functional groups attached to an aromatic ring is 1. The van der Waals surface area contributed by atoms with Crippen molar-refractivity contribution in [1.82, 2.24) is 39.8 Å². The minimum absolute atomic E-state index is 0.0278. The third-order valence-electron chi connectivity index (χ3n) is 6.02. The number of aromatic nitrogens is 6. The van der Waals surface area contributed by atoms with E-state index in [0.29, 0.717) is 6.42 Å². The van der Waals surface area contributed by atoms with Gasteiger partial charge in [0.2, 0.25) is 11.5 Å². The molecule has 40 heavy (non-hydrogen) atoms. The zero-order valence-electron chi connectivity index (χ0n) is 20.0. The van der Waals surface area contributed by atoms with E-state index in [1.165, 1.54) is 0 Å². The minimum atomic E-state index is -1.80. The molecule has 0 radical (unpaired) electrons. The van der Waals surface area contributed by atoms with Crippen molar-refractivity contribution in [2.24, 2.45) is 5.16 Å². The maximum absolute atomic E-state index is 13.5. The number of carboxylic acid groups (broad SMARTS) is 2. The topological polar surface area (TPSA) is 241 Å². The van der Waals surface area contributed by atoms with Gasteiger partial charge in [-0.1, -0.05) is 23.4 Å². The number of allylic oxidation sites excluding steroid dienone is 1. The summed E-state index contributed by atoms with van der Waals surface area (Å²) in [5, 5.41) is 36.6. The zero-order valence-corrected chi connectivity index (χ0v) is 22.5. The molecule has 1 saturated heterocycles. The van der Waals surface area contributed by atoms with Gasteiger partial charge in [-0.2, -0.15) is 9.36 Å². The van der Waals surface area contributed by atoms with Crippen LogP contribution in [0, 0.1) is 0 Å². The number of anilines is 1. The van der Waals surface area contributed by atoms with Crippen molar-refractivity contribution in [1.29, 1.82) is 0 Å². The van der Waals surface area contributed by atoms with Gasteiger partial charge in [0.1, 0.15) is 23.7 Å². The summed E-state index contributed by atoms with van der Waals surface area (Å²) in [5.74, 6) is -4.76.